The van der Waals surface area contributed by atoms with Gasteiger partial charge in [0, 0.05) is 5.56 Å². The second-order valence-electron chi connectivity index (χ2n) is 7.57. The maximum atomic E-state index is 10.5. The highest BCUT2D eigenvalue weighted by Gasteiger charge is 2.50. The second-order valence-corrected chi connectivity index (χ2v) is 7.57. The lowest BCUT2D eigenvalue weighted by Crippen LogP contribution is -2.63. The van der Waals surface area contributed by atoms with Crippen LogP contribution in [-0.2, 0) is 23.7 Å². The van der Waals surface area contributed by atoms with Crippen LogP contribution in [0.5, 0.6) is 0 Å². The molecule has 30 heavy (non-hydrogen) atoms. The number of hydrogen-bond acceptors (Lipinski definition) is 11. The summed E-state index contributed by atoms with van der Waals surface area (Å²) in [6, 6.07) is 9.15. The van der Waals surface area contributed by atoms with Crippen molar-refractivity contribution in [3.05, 3.63) is 35.9 Å². The van der Waals surface area contributed by atoms with Crippen molar-refractivity contribution in [1.29, 1.82) is 0 Å². The van der Waals surface area contributed by atoms with Crippen LogP contribution in [-0.4, -0.2) is 105 Å². The zero-order chi connectivity index (χ0) is 21.4. The van der Waals surface area contributed by atoms with Gasteiger partial charge in [-0.25, -0.2) is 0 Å². The Balaban J connectivity index is 1.36. The Labute approximate surface area is 171 Å². The molecule has 0 spiro atoms. The van der Waals surface area contributed by atoms with E-state index in [1.807, 2.05) is 30.3 Å². The van der Waals surface area contributed by atoms with E-state index in [9.17, 15) is 30.6 Å². The molecule has 4 rings (SSSR count). The van der Waals surface area contributed by atoms with Crippen LogP contribution in [0.4, 0.5) is 0 Å². The van der Waals surface area contributed by atoms with E-state index >= 15 is 0 Å². The van der Waals surface area contributed by atoms with Crippen molar-refractivity contribution in [2.45, 2.75) is 67.7 Å². The fourth-order valence-electron chi connectivity index (χ4n) is 3.75. The Morgan fingerprint density at radius 2 is 1.53 bits per heavy atom. The van der Waals surface area contributed by atoms with E-state index in [4.69, 9.17) is 23.7 Å². The maximum absolute atomic E-state index is 10.5. The van der Waals surface area contributed by atoms with Gasteiger partial charge in [-0.3, -0.25) is 0 Å². The van der Waals surface area contributed by atoms with Gasteiger partial charge < -0.3 is 54.3 Å². The van der Waals surface area contributed by atoms with Gasteiger partial charge in [0.1, 0.15) is 48.8 Å². The van der Waals surface area contributed by atoms with Crippen molar-refractivity contribution in [2.24, 2.45) is 0 Å². The van der Waals surface area contributed by atoms with Crippen LogP contribution < -0.4 is 0 Å². The minimum absolute atomic E-state index is 0.0834. The molecule has 11 heteroatoms. The zero-order valence-electron chi connectivity index (χ0n) is 15.9. The van der Waals surface area contributed by atoms with E-state index in [1.54, 1.807) is 0 Å². The molecule has 6 N–H and O–H groups in total. The molecule has 3 heterocycles. The van der Waals surface area contributed by atoms with Crippen molar-refractivity contribution in [1.82, 2.24) is 0 Å². The quantitative estimate of drug-likeness (QED) is 0.295. The van der Waals surface area contributed by atoms with Crippen LogP contribution in [0, 0.1) is 0 Å². The minimum Gasteiger partial charge on any atom is -0.387 e. The Kier molecular flexibility index (Phi) is 6.67. The number of rotatable bonds is 4. The summed E-state index contributed by atoms with van der Waals surface area (Å²) in [7, 11) is 0. The van der Waals surface area contributed by atoms with Gasteiger partial charge in [-0.05, 0) is 0 Å². The molecular formula is C19H26O11. The van der Waals surface area contributed by atoms with Crippen molar-refractivity contribution >= 4 is 0 Å². The standard InChI is InChI=1S/C19H26O11/c20-11-9(28-17(25)14(23)12(11)21)6-27-19-15(24)13(22)16-10(29-19)7-26-18(30-16)8-4-2-1-3-5-8/h1-5,9-25H,6-7H2/t9-,10-,11-,12+,13-,14-,15-,16-,17?,18?,19+/m1/s1. The third-order valence-electron chi connectivity index (χ3n) is 5.52. The van der Waals surface area contributed by atoms with Gasteiger partial charge in [0.25, 0.3) is 0 Å². The highest BCUT2D eigenvalue weighted by molar-refractivity contribution is 5.16. The summed E-state index contributed by atoms with van der Waals surface area (Å²) in [4.78, 5) is 0. The van der Waals surface area contributed by atoms with Crippen LogP contribution in [0.2, 0.25) is 0 Å². The lowest BCUT2D eigenvalue weighted by molar-refractivity contribution is -0.367. The average molecular weight is 430 g/mol. The average Bonchev–Trinajstić information content (AvgIpc) is 2.77. The van der Waals surface area contributed by atoms with Crippen molar-refractivity contribution in [2.75, 3.05) is 13.2 Å². The topological polar surface area (TPSA) is 168 Å². The Hall–Kier alpha value is -1.22. The number of aliphatic hydroxyl groups excluding tert-OH is 6. The zero-order valence-corrected chi connectivity index (χ0v) is 15.9. The van der Waals surface area contributed by atoms with E-state index in [0.717, 1.165) is 5.56 Å². The Morgan fingerprint density at radius 3 is 2.27 bits per heavy atom. The van der Waals surface area contributed by atoms with Crippen LogP contribution in [0.25, 0.3) is 0 Å². The summed E-state index contributed by atoms with van der Waals surface area (Å²) in [5.41, 5.74) is 0.763. The van der Waals surface area contributed by atoms with Gasteiger partial charge in [-0.2, -0.15) is 0 Å². The number of fused-ring (bicyclic) bond motifs is 1. The highest BCUT2D eigenvalue weighted by atomic mass is 16.8. The minimum atomic E-state index is -1.71. The first-order valence-corrected chi connectivity index (χ1v) is 9.69. The first-order chi connectivity index (χ1) is 14.4. The highest BCUT2D eigenvalue weighted by Crippen LogP contribution is 2.34. The second kappa shape index (κ2) is 9.10. The molecule has 0 saturated carbocycles. The predicted molar refractivity (Wildman–Crippen MR) is 95.5 cm³/mol. The van der Waals surface area contributed by atoms with Crippen LogP contribution >= 0.6 is 0 Å². The largest absolute Gasteiger partial charge is 0.387 e. The number of ether oxygens (including phenoxy) is 5. The summed E-state index contributed by atoms with van der Waals surface area (Å²) >= 11 is 0. The summed E-state index contributed by atoms with van der Waals surface area (Å²) in [5, 5.41) is 59.8. The summed E-state index contributed by atoms with van der Waals surface area (Å²) in [6.45, 7) is -0.303. The fourth-order valence-corrected chi connectivity index (χ4v) is 3.75. The van der Waals surface area contributed by atoms with Gasteiger partial charge in [-0.1, -0.05) is 30.3 Å². The van der Waals surface area contributed by atoms with E-state index in [1.165, 1.54) is 0 Å². The van der Waals surface area contributed by atoms with E-state index in [0.29, 0.717) is 0 Å². The van der Waals surface area contributed by atoms with Crippen LogP contribution in [0.15, 0.2) is 30.3 Å². The molecule has 0 aromatic heterocycles. The van der Waals surface area contributed by atoms with E-state index in [-0.39, 0.29) is 13.2 Å². The van der Waals surface area contributed by atoms with E-state index in [2.05, 4.69) is 0 Å². The molecule has 0 amide bonds. The maximum Gasteiger partial charge on any atom is 0.186 e. The fraction of sp³-hybridized carbons (Fsp3) is 0.684. The summed E-state index contributed by atoms with van der Waals surface area (Å²) in [5.74, 6) is 0. The molecule has 11 atom stereocenters. The molecular weight excluding hydrogens is 404 g/mol. The molecule has 3 aliphatic heterocycles. The first kappa shape index (κ1) is 22.0. The monoisotopic (exact) mass is 430 g/mol. The molecule has 1 aromatic carbocycles. The molecule has 0 aliphatic carbocycles. The molecule has 0 bridgehead atoms. The van der Waals surface area contributed by atoms with Gasteiger partial charge in [0.15, 0.2) is 18.9 Å². The number of hydrogen-bond donors (Lipinski definition) is 6. The van der Waals surface area contributed by atoms with Gasteiger partial charge in [-0.15, -0.1) is 0 Å². The first-order valence-electron chi connectivity index (χ1n) is 9.69. The van der Waals surface area contributed by atoms with Crippen molar-refractivity contribution in [3.8, 4) is 0 Å². The Bertz CT molecular complexity index is 688. The molecule has 0 radical (unpaired) electrons. The lowest BCUT2D eigenvalue weighted by Gasteiger charge is -2.46. The smallest absolute Gasteiger partial charge is 0.186 e. The summed E-state index contributed by atoms with van der Waals surface area (Å²) < 4.78 is 27.6. The molecule has 168 valence electrons. The van der Waals surface area contributed by atoms with Gasteiger partial charge in [0.05, 0.1) is 13.2 Å². The van der Waals surface area contributed by atoms with Crippen molar-refractivity contribution in [3.63, 3.8) is 0 Å². The SMILES string of the molecule is OC1O[C@H](CO[C@H]2O[C@@H]3COC(c4ccccc4)O[C@H]3[C@H](O)[C@H]2O)[C@@H](O)[C@H](O)[C@H]1O. The predicted octanol–water partition coefficient (Wildman–Crippen LogP) is -2.64. The molecule has 3 fully saturated rings. The lowest BCUT2D eigenvalue weighted by atomic mass is 9.97. The van der Waals surface area contributed by atoms with Gasteiger partial charge in [0.2, 0.25) is 0 Å². The van der Waals surface area contributed by atoms with Gasteiger partial charge >= 0.3 is 0 Å². The molecule has 1 aromatic rings. The van der Waals surface area contributed by atoms with Crippen molar-refractivity contribution < 1.29 is 54.3 Å². The molecule has 3 saturated heterocycles. The molecule has 2 unspecified atom stereocenters. The van der Waals surface area contributed by atoms with Crippen LogP contribution in [0.1, 0.15) is 11.9 Å². The van der Waals surface area contributed by atoms with Crippen LogP contribution in [0.3, 0.4) is 0 Å². The Morgan fingerprint density at radius 1 is 0.800 bits per heavy atom. The number of benzene rings is 1. The normalized spacial score (nSPS) is 46.9. The molecule has 11 nitrogen and oxygen atoms in total. The molecule has 3 aliphatic rings. The third-order valence-corrected chi connectivity index (χ3v) is 5.52. The third kappa shape index (κ3) is 4.24. The number of aliphatic hydroxyl groups is 6. The summed E-state index contributed by atoms with van der Waals surface area (Å²) in [6.07, 6.45) is -14.1. The van der Waals surface area contributed by atoms with E-state index < -0.39 is 67.7 Å².